The molecule has 0 aliphatic carbocycles. The molecule has 5 nitrogen and oxygen atoms in total. The van der Waals surface area contributed by atoms with Gasteiger partial charge in [0.25, 0.3) is 0 Å². The molecule has 0 aliphatic rings. The highest BCUT2D eigenvalue weighted by molar-refractivity contribution is 5.94. The van der Waals surface area contributed by atoms with Crippen molar-refractivity contribution < 1.29 is 14.6 Å². The Kier molecular flexibility index (Phi) is 4.43. The molecule has 120 valence electrons. The lowest BCUT2D eigenvalue weighted by Crippen LogP contribution is -2.05. The standard InChI is InChI=1S/C19H16N2O3/c20-18-16(19(22)23)10-14(11-21-18)15-8-4-5-9-17(15)24-12-13-6-2-1-3-7-13/h1-11H,12H2,(H2,20,21)(H,22,23). The topological polar surface area (TPSA) is 85.4 Å². The highest BCUT2D eigenvalue weighted by Crippen LogP contribution is 2.31. The smallest absolute Gasteiger partial charge is 0.339 e. The lowest BCUT2D eigenvalue weighted by molar-refractivity contribution is 0.0697. The van der Waals surface area contributed by atoms with E-state index in [0.29, 0.717) is 17.9 Å². The predicted octanol–water partition coefficient (Wildman–Crippen LogP) is 3.61. The van der Waals surface area contributed by atoms with Crippen LogP contribution in [0.1, 0.15) is 15.9 Å². The Hall–Kier alpha value is -3.34. The predicted molar refractivity (Wildman–Crippen MR) is 91.8 cm³/mol. The lowest BCUT2D eigenvalue weighted by Gasteiger charge is -2.12. The summed E-state index contributed by atoms with van der Waals surface area (Å²) in [5.41, 5.74) is 8.06. The molecule has 3 N–H and O–H groups in total. The second-order valence-electron chi connectivity index (χ2n) is 5.23. The van der Waals surface area contributed by atoms with Gasteiger partial charge in [-0.1, -0.05) is 48.5 Å². The van der Waals surface area contributed by atoms with Crippen LogP contribution in [-0.2, 0) is 6.61 Å². The normalized spacial score (nSPS) is 10.3. The molecule has 0 amide bonds. The van der Waals surface area contributed by atoms with Crippen molar-refractivity contribution in [1.29, 1.82) is 0 Å². The number of hydrogen-bond acceptors (Lipinski definition) is 4. The minimum Gasteiger partial charge on any atom is -0.488 e. The van der Waals surface area contributed by atoms with E-state index in [1.54, 1.807) is 6.20 Å². The van der Waals surface area contributed by atoms with E-state index in [0.717, 1.165) is 11.1 Å². The molecular formula is C19H16N2O3. The third-order valence-corrected chi connectivity index (χ3v) is 3.58. The maximum absolute atomic E-state index is 11.2. The fourth-order valence-electron chi connectivity index (χ4n) is 2.36. The molecule has 0 aliphatic heterocycles. The third kappa shape index (κ3) is 3.35. The summed E-state index contributed by atoms with van der Waals surface area (Å²) in [4.78, 5) is 15.2. The quantitative estimate of drug-likeness (QED) is 0.750. The minimum atomic E-state index is -1.11. The average molecular weight is 320 g/mol. The second-order valence-corrected chi connectivity index (χ2v) is 5.23. The zero-order valence-electron chi connectivity index (χ0n) is 12.8. The van der Waals surface area contributed by atoms with Crippen LogP contribution in [0.5, 0.6) is 5.75 Å². The Morgan fingerprint density at radius 3 is 2.54 bits per heavy atom. The summed E-state index contributed by atoms with van der Waals surface area (Å²) in [7, 11) is 0. The number of nitrogens with two attached hydrogens (primary N) is 1. The number of para-hydroxylation sites is 1. The molecule has 5 heteroatoms. The van der Waals surface area contributed by atoms with Crippen LogP contribution in [0.3, 0.4) is 0 Å². The van der Waals surface area contributed by atoms with E-state index in [-0.39, 0.29) is 11.4 Å². The van der Waals surface area contributed by atoms with Crippen LogP contribution in [-0.4, -0.2) is 16.1 Å². The molecule has 2 aromatic carbocycles. The lowest BCUT2D eigenvalue weighted by atomic mass is 10.0. The van der Waals surface area contributed by atoms with Gasteiger partial charge >= 0.3 is 5.97 Å². The molecule has 0 unspecified atom stereocenters. The Balaban J connectivity index is 1.92. The number of aromatic nitrogens is 1. The van der Waals surface area contributed by atoms with Crippen molar-refractivity contribution >= 4 is 11.8 Å². The molecule has 1 aromatic heterocycles. The van der Waals surface area contributed by atoms with Gasteiger partial charge in [-0.2, -0.15) is 0 Å². The van der Waals surface area contributed by atoms with Crippen molar-refractivity contribution in [2.75, 3.05) is 5.73 Å². The van der Waals surface area contributed by atoms with Gasteiger partial charge in [0.2, 0.25) is 0 Å². The number of carbonyl (C=O) groups is 1. The van der Waals surface area contributed by atoms with E-state index in [9.17, 15) is 9.90 Å². The SMILES string of the molecule is Nc1ncc(-c2ccccc2OCc2ccccc2)cc1C(=O)O. The van der Waals surface area contributed by atoms with Gasteiger partial charge in [0.1, 0.15) is 23.7 Å². The van der Waals surface area contributed by atoms with Crippen LogP contribution in [0, 0.1) is 0 Å². The van der Waals surface area contributed by atoms with Gasteiger partial charge in [-0.3, -0.25) is 0 Å². The first kappa shape index (κ1) is 15.6. The molecule has 0 bridgehead atoms. The fourth-order valence-corrected chi connectivity index (χ4v) is 2.36. The van der Waals surface area contributed by atoms with E-state index >= 15 is 0 Å². The molecule has 1 heterocycles. The van der Waals surface area contributed by atoms with Gasteiger partial charge < -0.3 is 15.6 Å². The second kappa shape index (κ2) is 6.83. The average Bonchev–Trinajstić information content (AvgIpc) is 2.61. The maximum atomic E-state index is 11.2. The van der Waals surface area contributed by atoms with Crippen molar-refractivity contribution in [3.05, 3.63) is 78.0 Å². The van der Waals surface area contributed by atoms with Crippen molar-refractivity contribution in [3.8, 4) is 16.9 Å². The highest BCUT2D eigenvalue weighted by Gasteiger charge is 2.13. The number of anilines is 1. The minimum absolute atomic E-state index is 0.00562. The first-order valence-electron chi connectivity index (χ1n) is 7.40. The summed E-state index contributed by atoms with van der Waals surface area (Å²) in [6, 6.07) is 18.8. The number of pyridine rings is 1. The van der Waals surface area contributed by atoms with Crippen LogP contribution in [0.15, 0.2) is 66.9 Å². The fraction of sp³-hybridized carbons (Fsp3) is 0.0526. The Bertz CT molecular complexity index is 863. The Morgan fingerprint density at radius 1 is 1.08 bits per heavy atom. The van der Waals surface area contributed by atoms with Gasteiger partial charge in [0.15, 0.2) is 0 Å². The van der Waals surface area contributed by atoms with E-state index in [1.807, 2.05) is 54.6 Å². The molecule has 0 atom stereocenters. The first-order chi connectivity index (χ1) is 11.6. The molecule has 0 fully saturated rings. The van der Waals surface area contributed by atoms with Gasteiger partial charge in [0.05, 0.1) is 0 Å². The number of nitrogens with zero attached hydrogens (tertiary/aromatic N) is 1. The van der Waals surface area contributed by atoms with Crippen LogP contribution in [0.2, 0.25) is 0 Å². The van der Waals surface area contributed by atoms with Gasteiger partial charge in [-0.15, -0.1) is 0 Å². The molecule has 0 saturated heterocycles. The van der Waals surface area contributed by atoms with Crippen LogP contribution in [0.25, 0.3) is 11.1 Å². The molecular weight excluding hydrogens is 304 g/mol. The van der Waals surface area contributed by atoms with E-state index in [4.69, 9.17) is 10.5 Å². The van der Waals surface area contributed by atoms with Gasteiger partial charge in [-0.05, 0) is 17.7 Å². The van der Waals surface area contributed by atoms with Crippen LogP contribution in [0.4, 0.5) is 5.82 Å². The molecule has 3 aromatic rings. The number of carboxylic acids is 1. The number of carboxylic acid groups (broad SMARTS) is 1. The zero-order valence-corrected chi connectivity index (χ0v) is 12.8. The summed E-state index contributed by atoms with van der Waals surface area (Å²) in [5, 5.41) is 9.21. The summed E-state index contributed by atoms with van der Waals surface area (Å²) in [6.07, 6.45) is 1.55. The van der Waals surface area contributed by atoms with Crippen molar-refractivity contribution in [2.45, 2.75) is 6.61 Å². The van der Waals surface area contributed by atoms with Crippen LogP contribution >= 0.6 is 0 Å². The molecule has 0 radical (unpaired) electrons. The highest BCUT2D eigenvalue weighted by atomic mass is 16.5. The zero-order chi connectivity index (χ0) is 16.9. The van der Waals surface area contributed by atoms with Gasteiger partial charge in [-0.25, -0.2) is 9.78 Å². The van der Waals surface area contributed by atoms with E-state index in [1.165, 1.54) is 6.07 Å². The third-order valence-electron chi connectivity index (χ3n) is 3.58. The summed E-state index contributed by atoms with van der Waals surface area (Å²) >= 11 is 0. The Morgan fingerprint density at radius 2 is 1.79 bits per heavy atom. The first-order valence-corrected chi connectivity index (χ1v) is 7.40. The largest absolute Gasteiger partial charge is 0.488 e. The molecule has 24 heavy (non-hydrogen) atoms. The van der Waals surface area contributed by atoms with E-state index < -0.39 is 5.97 Å². The summed E-state index contributed by atoms with van der Waals surface area (Å²) in [6.45, 7) is 0.423. The summed E-state index contributed by atoms with van der Waals surface area (Å²) < 4.78 is 5.90. The number of ether oxygens (including phenoxy) is 1. The number of benzene rings is 2. The Labute approximate surface area is 139 Å². The van der Waals surface area contributed by atoms with Gasteiger partial charge in [0, 0.05) is 17.3 Å². The molecule has 0 spiro atoms. The monoisotopic (exact) mass is 320 g/mol. The van der Waals surface area contributed by atoms with Crippen molar-refractivity contribution in [1.82, 2.24) is 4.98 Å². The number of nitrogen functional groups attached to an aromatic ring is 1. The number of aromatic carboxylic acids is 1. The maximum Gasteiger partial charge on any atom is 0.339 e. The van der Waals surface area contributed by atoms with Crippen molar-refractivity contribution in [3.63, 3.8) is 0 Å². The summed E-state index contributed by atoms with van der Waals surface area (Å²) in [5.74, 6) is -0.456. The van der Waals surface area contributed by atoms with Crippen molar-refractivity contribution in [2.24, 2.45) is 0 Å². The molecule has 0 saturated carbocycles. The van der Waals surface area contributed by atoms with Crippen LogP contribution < -0.4 is 10.5 Å². The molecule has 3 rings (SSSR count). The van der Waals surface area contributed by atoms with E-state index in [2.05, 4.69) is 4.98 Å². The number of rotatable bonds is 5. The number of hydrogen-bond donors (Lipinski definition) is 2.